The number of ether oxygens (including phenoxy) is 1. The first-order valence-corrected chi connectivity index (χ1v) is 14.8. The number of benzene rings is 1. The summed E-state index contributed by atoms with van der Waals surface area (Å²) in [7, 11) is 2.42. The molecule has 0 saturated carbocycles. The lowest BCUT2D eigenvalue weighted by molar-refractivity contribution is 0.00578. The van der Waals surface area contributed by atoms with Crippen molar-refractivity contribution in [1.29, 1.82) is 0 Å². The van der Waals surface area contributed by atoms with Gasteiger partial charge in [-0.25, -0.2) is 19.3 Å². The molecular formula is C31H39BFN7O5. The number of pyridine rings is 1. The van der Waals surface area contributed by atoms with Gasteiger partial charge in [-0.15, -0.1) is 0 Å². The lowest BCUT2D eigenvalue weighted by Crippen LogP contribution is -2.48. The van der Waals surface area contributed by atoms with Crippen molar-refractivity contribution < 1.29 is 18.4 Å². The van der Waals surface area contributed by atoms with Gasteiger partial charge in [-0.2, -0.15) is 0 Å². The third kappa shape index (κ3) is 6.29. The summed E-state index contributed by atoms with van der Waals surface area (Å²) < 4.78 is 36.0. The van der Waals surface area contributed by atoms with Crippen LogP contribution in [0.3, 0.4) is 0 Å². The van der Waals surface area contributed by atoms with Gasteiger partial charge in [0.25, 0.3) is 11.1 Å². The number of nitrogens with one attached hydrogen (secondary N) is 2. The van der Waals surface area contributed by atoms with Crippen LogP contribution in [0.1, 0.15) is 48.5 Å². The minimum Gasteiger partial charge on any atom is -0.491 e. The summed E-state index contributed by atoms with van der Waals surface area (Å²) in [5, 5.41) is 6.80. The Morgan fingerprint density at radius 3 is 2.22 bits per heavy atom. The first-order chi connectivity index (χ1) is 21.1. The maximum absolute atomic E-state index is 15.2. The highest BCUT2D eigenvalue weighted by atomic mass is 19.1. The Hall–Kier alpha value is -4.30. The minimum absolute atomic E-state index is 0.0994. The van der Waals surface area contributed by atoms with Gasteiger partial charge in [0.2, 0.25) is 11.9 Å². The molecule has 12 nitrogen and oxygen atoms in total. The van der Waals surface area contributed by atoms with Crippen molar-refractivity contribution in [3.8, 4) is 17.0 Å². The fraction of sp³-hybridized carbons (Fsp3) is 0.452. The number of hydrogen-bond acceptors (Lipinski definition) is 10. The van der Waals surface area contributed by atoms with Crippen LogP contribution in [-0.2, 0) is 23.4 Å². The minimum atomic E-state index is -0.820. The number of nitrogens with zero attached hydrogens (tertiary/aromatic N) is 5. The summed E-state index contributed by atoms with van der Waals surface area (Å²) in [6, 6.07) is 6.09. The van der Waals surface area contributed by atoms with Crippen molar-refractivity contribution in [2.75, 3.05) is 17.2 Å². The van der Waals surface area contributed by atoms with Gasteiger partial charge in [-0.3, -0.25) is 18.7 Å². The van der Waals surface area contributed by atoms with E-state index in [2.05, 4.69) is 25.6 Å². The molecule has 5 rings (SSSR count). The monoisotopic (exact) mass is 619 g/mol. The van der Waals surface area contributed by atoms with E-state index in [0.29, 0.717) is 34.2 Å². The molecule has 14 heteroatoms. The molecule has 0 radical (unpaired) electrons. The summed E-state index contributed by atoms with van der Waals surface area (Å²) in [6.07, 6.45) is 2.91. The predicted molar refractivity (Wildman–Crippen MR) is 173 cm³/mol. The summed E-state index contributed by atoms with van der Waals surface area (Å²) in [6.45, 7) is 13.6. The Bertz CT molecular complexity index is 1860. The van der Waals surface area contributed by atoms with Gasteiger partial charge in [-0.05, 0) is 60.6 Å². The lowest BCUT2D eigenvalue weighted by atomic mass is 9.81. The zero-order valence-corrected chi connectivity index (χ0v) is 27.1. The van der Waals surface area contributed by atoms with Crippen LogP contribution >= 0.6 is 0 Å². The van der Waals surface area contributed by atoms with Gasteiger partial charge in [0.15, 0.2) is 5.82 Å². The van der Waals surface area contributed by atoms with Gasteiger partial charge in [0.1, 0.15) is 17.9 Å². The summed E-state index contributed by atoms with van der Waals surface area (Å²) in [5.74, 6) is 0.497. The van der Waals surface area contributed by atoms with Crippen molar-refractivity contribution >= 4 is 35.4 Å². The van der Waals surface area contributed by atoms with Gasteiger partial charge in [0.05, 0.1) is 34.0 Å². The second-order valence-corrected chi connectivity index (χ2v) is 12.7. The van der Waals surface area contributed by atoms with Crippen LogP contribution in [0.25, 0.3) is 22.2 Å². The van der Waals surface area contributed by atoms with Gasteiger partial charge in [-0.1, -0.05) is 6.07 Å². The molecule has 45 heavy (non-hydrogen) atoms. The smallest absolute Gasteiger partial charge is 0.491 e. The van der Waals surface area contributed by atoms with Gasteiger partial charge < -0.3 is 24.7 Å². The second-order valence-electron chi connectivity index (χ2n) is 12.7. The Morgan fingerprint density at radius 2 is 1.56 bits per heavy atom. The molecule has 3 aromatic heterocycles. The zero-order chi connectivity index (χ0) is 32.8. The average molecular weight is 620 g/mol. The lowest BCUT2D eigenvalue weighted by Gasteiger charge is -2.32. The molecule has 1 atom stereocenters. The Balaban J connectivity index is 1.27. The van der Waals surface area contributed by atoms with Crippen molar-refractivity contribution in [2.24, 2.45) is 14.1 Å². The molecule has 1 saturated heterocycles. The SMILES string of the molecule is CC(C)Nc1ncc(-c2ccc3cc(OCC(C)Nc4ncc(B5OC(C)(C)C(C)(C)O5)c(=O)n4C)cc(F)c3n2)c(=O)n1C. The van der Waals surface area contributed by atoms with Crippen LogP contribution < -0.4 is 32.0 Å². The van der Waals surface area contributed by atoms with E-state index in [1.54, 1.807) is 32.3 Å². The predicted octanol–water partition coefficient (Wildman–Crippen LogP) is 3.23. The van der Waals surface area contributed by atoms with Crippen LogP contribution in [0.15, 0.2) is 46.2 Å². The van der Waals surface area contributed by atoms with Crippen LogP contribution in [0.4, 0.5) is 16.3 Å². The van der Waals surface area contributed by atoms with E-state index in [4.69, 9.17) is 14.0 Å². The third-order valence-electron chi connectivity index (χ3n) is 8.16. The number of rotatable bonds is 9. The van der Waals surface area contributed by atoms with E-state index in [1.807, 2.05) is 48.5 Å². The zero-order valence-electron chi connectivity index (χ0n) is 27.1. The molecule has 1 fully saturated rings. The van der Waals surface area contributed by atoms with E-state index in [0.717, 1.165) is 0 Å². The maximum Gasteiger partial charge on any atom is 0.502 e. The number of anilines is 2. The van der Waals surface area contributed by atoms with Crippen LogP contribution in [-0.4, -0.2) is 61.1 Å². The molecule has 0 amide bonds. The molecule has 0 bridgehead atoms. The molecule has 4 aromatic rings. The fourth-order valence-corrected chi connectivity index (χ4v) is 4.82. The topological polar surface area (TPSA) is 134 Å². The normalized spacial score (nSPS) is 16.3. The molecule has 0 aliphatic carbocycles. The standard InChI is InChI=1S/C31H39BFN7O5/c1-17(2)36-28-34-14-21(26(41)39(28)8)24-11-10-19-12-20(13-23(33)25(19)38-24)43-16-18(3)37-29-35-15-22(27(42)40(29)9)32-44-30(4,5)31(6,7)45-32/h10-15,17-18H,16H2,1-9H3,(H,34,36)(H,35,37). The summed E-state index contributed by atoms with van der Waals surface area (Å²) >= 11 is 0. The molecule has 1 aliphatic rings. The maximum atomic E-state index is 15.2. The first-order valence-electron chi connectivity index (χ1n) is 14.8. The largest absolute Gasteiger partial charge is 0.502 e. The number of fused-ring (bicyclic) bond motifs is 1. The summed E-state index contributed by atoms with van der Waals surface area (Å²) in [4.78, 5) is 39.3. The Kier molecular flexibility index (Phi) is 8.49. The van der Waals surface area contributed by atoms with E-state index in [-0.39, 0.29) is 40.9 Å². The van der Waals surface area contributed by atoms with Gasteiger partial charge >= 0.3 is 7.12 Å². The van der Waals surface area contributed by atoms with E-state index < -0.39 is 24.1 Å². The number of halogens is 1. The molecule has 1 unspecified atom stereocenters. The highest BCUT2D eigenvalue weighted by Crippen LogP contribution is 2.36. The molecule has 1 aliphatic heterocycles. The van der Waals surface area contributed by atoms with Crippen molar-refractivity contribution in [3.63, 3.8) is 0 Å². The first kappa shape index (κ1) is 32.1. The second kappa shape index (κ2) is 11.9. The third-order valence-corrected chi connectivity index (χ3v) is 8.16. The van der Waals surface area contributed by atoms with Crippen molar-refractivity contribution in [2.45, 2.75) is 71.8 Å². The van der Waals surface area contributed by atoms with Crippen LogP contribution in [0.2, 0.25) is 0 Å². The van der Waals surface area contributed by atoms with Crippen LogP contribution in [0, 0.1) is 5.82 Å². The van der Waals surface area contributed by atoms with Crippen LogP contribution in [0.5, 0.6) is 5.75 Å². The van der Waals surface area contributed by atoms with Crippen molar-refractivity contribution in [3.05, 3.63) is 63.2 Å². The highest BCUT2D eigenvalue weighted by Gasteiger charge is 2.52. The van der Waals surface area contributed by atoms with Gasteiger partial charge in [0, 0.05) is 44.0 Å². The average Bonchev–Trinajstić information content (AvgIpc) is 3.18. The molecular weight excluding hydrogens is 580 g/mol. The van der Waals surface area contributed by atoms with E-state index in [1.165, 1.54) is 27.6 Å². The molecule has 238 valence electrons. The molecule has 1 aromatic carbocycles. The van der Waals surface area contributed by atoms with E-state index in [9.17, 15) is 9.59 Å². The van der Waals surface area contributed by atoms with Crippen molar-refractivity contribution in [1.82, 2.24) is 24.1 Å². The summed E-state index contributed by atoms with van der Waals surface area (Å²) in [5.41, 5.74) is -0.750. The molecule has 2 N–H and O–H groups in total. The quantitative estimate of drug-likeness (QED) is 0.269. The van der Waals surface area contributed by atoms with E-state index >= 15 is 4.39 Å². The fourth-order valence-electron chi connectivity index (χ4n) is 4.82. The Morgan fingerprint density at radius 1 is 0.933 bits per heavy atom. The Labute approximate surface area is 261 Å². The number of aromatic nitrogens is 5. The number of hydrogen-bond donors (Lipinski definition) is 2. The molecule has 0 spiro atoms. The molecule has 4 heterocycles. The highest BCUT2D eigenvalue weighted by molar-refractivity contribution is 6.61.